The number of benzene rings is 4. The van der Waals surface area contributed by atoms with Crippen LogP contribution in [0.25, 0.3) is 21.9 Å². The van der Waals surface area contributed by atoms with Crippen LogP contribution in [-0.4, -0.2) is 21.8 Å². The lowest BCUT2D eigenvalue weighted by Gasteiger charge is -2.18. The lowest BCUT2D eigenvalue weighted by atomic mass is 9.94. The van der Waals surface area contributed by atoms with Crippen molar-refractivity contribution in [2.45, 2.75) is 6.92 Å². The molecule has 0 aliphatic heterocycles. The van der Waals surface area contributed by atoms with E-state index in [1.165, 1.54) is 0 Å². The van der Waals surface area contributed by atoms with Gasteiger partial charge < -0.3 is 9.47 Å². The maximum atomic E-state index is 11.5. The Morgan fingerprint density at radius 3 is 2.16 bits per heavy atom. The first-order valence-electron chi connectivity index (χ1n) is 9.76. The van der Waals surface area contributed by atoms with Crippen molar-refractivity contribution in [3.8, 4) is 28.4 Å². The average molecular weight is 434 g/mol. The zero-order valence-electron chi connectivity index (χ0n) is 17.5. The van der Waals surface area contributed by atoms with Gasteiger partial charge >= 0.3 is 0 Å². The van der Waals surface area contributed by atoms with Crippen LogP contribution in [0.2, 0.25) is 0 Å². The number of methoxy groups -OCH3 is 1. The summed E-state index contributed by atoms with van der Waals surface area (Å²) in [4.78, 5) is 0. The molecule has 0 unspecified atom stereocenters. The van der Waals surface area contributed by atoms with Crippen LogP contribution in [0.15, 0.2) is 78.9 Å². The molecule has 0 spiro atoms. The highest BCUT2D eigenvalue weighted by atomic mass is 32.2. The Kier molecular flexibility index (Phi) is 5.57. The minimum atomic E-state index is -3.34. The van der Waals surface area contributed by atoms with E-state index in [0.29, 0.717) is 11.4 Å². The van der Waals surface area contributed by atoms with Gasteiger partial charge in [0.1, 0.15) is 17.2 Å². The second-order valence-corrected chi connectivity index (χ2v) is 9.10. The van der Waals surface area contributed by atoms with Gasteiger partial charge in [-0.3, -0.25) is 4.72 Å². The van der Waals surface area contributed by atoms with Crippen LogP contribution >= 0.6 is 0 Å². The van der Waals surface area contributed by atoms with Gasteiger partial charge in [-0.25, -0.2) is 8.42 Å². The van der Waals surface area contributed by atoms with Crippen LogP contribution in [0.3, 0.4) is 0 Å². The van der Waals surface area contributed by atoms with E-state index in [1.807, 2.05) is 36.4 Å². The number of sulfonamides is 1. The molecule has 1 N–H and O–H groups in total. The SMILES string of the molecule is COc1ccc2c(Oc3ccc(NS(C)(=O)=O)cc3)c(-c3ccccc3)c(C)cc2c1. The number of hydrogen-bond donors (Lipinski definition) is 1. The third-order valence-corrected chi connectivity index (χ3v) is 5.54. The number of ether oxygens (including phenoxy) is 2. The van der Waals surface area contributed by atoms with Crippen molar-refractivity contribution in [3.63, 3.8) is 0 Å². The van der Waals surface area contributed by atoms with Crippen molar-refractivity contribution >= 4 is 26.5 Å². The van der Waals surface area contributed by atoms with Gasteiger partial charge in [0.25, 0.3) is 0 Å². The predicted molar refractivity (Wildman–Crippen MR) is 126 cm³/mol. The highest BCUT2D eigenvalue weighted by Gasteiger charge is 2.16. The first-order chi connectivity index (χ1) is 14.8. The van der Waals surface area contributed by atoms with Gasteiger partial charge in [-0.1, -0.05) is 36.4 Å². The second kappa shape index (κ2) is 8.32. The third kappa shape index (κ3) is 4.64. The van der Waals surface area contributed by atoms with Gasteiger partial charge in [0.15, 0.2) is 0 Å². The molecule has 0 amide bonds. The molecular weight excluding hydrogens is 410 g/mol. The molecule has 158 valence electrons. The van der Waals surface area contributed by atoms with E-state index in [-0.39, 0.29) is 0 Å². The summed E-state index contributed by atoms with van der Waals surface area (Å²) in [6.45, 7) is 2.06. The van der Waals surface area contributed by atoms with Crippen LogP contribution in [0.5, 0.6) is 17.2 Å². The average Bonchev–Trinajstić information content (AvgIpc) is 2.74. The maximum Gasteiger partial charge on any atom is 0.229 e. The van der Waals surface area contributed by atoms with Crippen LogP contribution < -0.4 is 14.2 Å². The normalized spacial score (nSPS) is 11.3. The van der Waals surface area contributed by atoms with Gasteiger partial charge in [-0.2, -0.15) is 0 Å². The van der Waals surface area contributed by atoms with Crippen LogP contribution in [0.4, 0.5) is 5.69 Å². The van der Waals surface area contributed by atoms with Gasteiger partial charge in [0.05, 0.1) is 13.4 Å². The quantitative estimate of drug-likeness (QED) is 0.406. The molecule has 0 bridgehead atoms. The molecule has 6 heteroatoms. The van der Waals surface area contributed by atoms with E-state index in [1.54, 1.807) is 31.4 Å². The van der Waals surface area contributed by atoms with Crippen molar-refractivity contribution in [2.75, 3.05) is 18.1 Å². The Bertz CT molecular complexity index is 1330. The number of anilines is 1. The maximum absolute atomic E-state index is 11.5. The van der Waals surface area contributed by atoms with Crippen LogP contribution in [-0.2, 0) is 10.0 Å². The minimum absolute atomic E-state index is 0.483. The minimum Gasteiger partial charge on any atom is -0.497 e. The molecule has 0 aromatic heterocycles. The van der Waals surface area contributed by atoms with E-state index < -0.39 is 10.0 Å². The first-order valence-corrected chi connectivity index (χ1v) is 11.7. The fraction of sp³-hybridized carbons (Fsp3) is 0.120. The molecule has 5 nitrogen and oxygen atoms in total. The Morgan fingerprint density at radius 2 is 1.52 bits per heavy atom. The number of rotatable bonds is 6. The summed E-state index contributed by atoms with van der Waals surface area (Å²) in [5.41, 5.74) is 3.63. The van der Waals surface area contributed by atoms with Crippen molar-refractivity contribution in [2.24, 2.45) is 0 Å². The van der Waals surface area contributed by atoms with E-state index in [9.17, 15) is 8.42 Å². The van der Waals surface area contributed by atoms with Gasteiger partial charge in [-0.05, 0) is 65.9 Å². The molecule has 0 aliphatic rings. The largest absolute Gasteiger partial charge is 0.497 e. The lowest BCUT2D eigenvalue weighted by molar-refractivity contribution is 0.415. The zero-order valence-corrected chi connectivity index (χ0v) is 18.4. The summed E-state index contributed by atoms with van der Waals surface area (Å²) in [6.07, 6.45) is 1.12. The predicted octanol–water partition coefficient (Wildman–Crippen LogP) is 5.99. The number of hydrogen-bond acceptors (Lipinski definition) is 4. The highest BCUT2D eigenvalue weighted by Crippen LogP contribution is 2.43. The summed E-state index contributed by atoms with van der Waals surface area (Å²) in [7, 11) is -1.69. The molecule has 0 saturated carbocycles. The molecule has 0 fully saturated rings. The molecule has 0 heterocycles. The second-order valence-electron chi connectivity index (χ2n) is 7.35. The monoisotopic (exact) mass is 433 g/mol. The van der Waals surface area contributed by atoms with Gasteiger partial charge in [-0.15, -0.1) is 0 Å². The Hall–Kier alpha value is -3.51. The van der Waals surface area contributed by atoms with Crippen molar-refractivity contribution < 1.29 is 17.9 Å². The molecular formula is C25H23NO4S. The van der Waals surface area contributed by atoms with Crippen molar-refractivity contribution in [3.05, 3.63) is 84.4 Å². The molecule has 0 atom stereocenters. The molecule has 31 heavy (non-hydrogen) atoms. The van der Waals surface area contributed by atoms with Crippen LogP contribution in [0, 0.1) is 6.92 Å². The Labute approximate surface area is 182 Å². The van der Waals surface area contributed by atoms with E-state index in [4.69, 9.17) is 9.47 Å². The molecule has 4 aromatic carbocycles. The Morgan fingerprint density at radius 1 is 0.839 bits per heavy atom. The standard InChI is InChI=1S/C25H23NO4S/c1-17-15-19-16-22(29-2)13-14-23(19)25(24(17)18-7-5-4-6-8-18)30-21-11-9-20(10-12-21)26-31(3,27)28/h4-16,26H,1-3H3. The lowest BCUT2D eigenvalue weighted by Crippen LogP contribution is -2.09. The van der Waals surface area contributed by atoms with Crippen molar-refractivity contribution in [1.29, 1.82) is 0 Å². The first kappa shape index (κ1) is 20.8. The summed E-state index contributed by atoms with van der Waals surface area (Å²) < 4.78 is 37.2. The molecule has 0 radical (unpaired) electrons. The van der Waals surface area contributed by atoms with Gasteiger partial charge in [0, 0.05) is 16.6 Å². The van der Waals surface area contributed by atoms with E-state index in [0.717, 1.165) is 45.2 Å². The van der Waals surface area contributed by atoms with Crippen LogP contribution in [0.1, 0.15) is 5.56 Å². The van der Waals surface area contributed by atoms with Gasteiger partial charge in [0.2, 0.25) is 10.0 Å². The summed E-state index contributed by atoms with van der Waals surface area (Å²) in [5, 5.41) is 1.98. The summed E-state index contributed by atoms with van der Waals surface area (Å²) in [6, 6.07) is 25.0. The number of aryl methyl sites for hydroxylation is 1. The molecule has 0 saturated heterocycles. The number of nitrogens with one attached hydrogen (secondary N) is 1. The fourth-order valence-corrected chi connectivity index (χ4v) is 4.17. The number of fused-ring (bicyclic) bond motifs is 1. The third-order valence-electron chi connectivity index (χ3n) is 4.94. The highest BCUT2D eigenvalue weighted by molar-refractivity contribution is 7.92. The summed E-state index contributed by atoms with van der Waals surface area (Å²) in [5.74, 6) is 2.13. The molecule has 4 aromatic rings. The Balaban J connectivity index is 1.84. The fourth-order valence-electron chi connectivity index (χ4n) is 3.61. The van der Waals surface area contributed by atoms with Crippen molar-refractivity contribution in [1.82, 2.24) is 0 Å². The molecule has 0 aliphatic carbocycles. The summed E-state index contributed by atoms with van der Waals surface area (Å²) >= 11 is 0. The molecule has 4 rings (SSSR count). The smallest absolute Gasteiger partial charge is 0.229 e. The van der Waals surface area contributed by atoms with E-state index in [2.05, 4.69) is 29.8 Å². The zero-order chi connectivity index (χ0) is 22.0. The van der Waals surface area contributed by atoms with E-state index >= 15 is 0 Å². The topological polar surface area (TPSA) is 64.6 Å².